The molecule has 0 unspecified atom stereocenters. The Morgan fingerprint density at radius 3 is 2.70 bits per heavy atom. The highest BCUT2D eigenvalue weighted by Crippen LogP contribution is 2.24. The number of amides is 1. The number of fused-ring (bicyclic) bond motifs is 1. The van der Waals surface area contributed by atoms with Gasteiger partial charge in [-0.3, -0.25) is 9.78 Å². The van der Waals surface area contributed by atoms with E-state index in [2.05, 4.69) is 36.4 Å². The van der Waals surface area contributed by atoms with Crippen molar-refractivity contribution in [2.45, 2.75) is 0 Å². The van der Waals surface area contributed by atoms with Crippen LogP contribution >= 0.6 is 15.9 Å². The Kier molecular flexibility index (Phi) is 4.56. The molecule has 4 heterocycles. The maximum atomic E-state index is 12.3. The van der Waals surface area contributed by atoms with Crippen molar-refractivity contribution in [3.05, 3.63) is 83.5 Å². The molecule has 0 radical (unpaired) electrons. The molecular weight excluding hydrogens is 448 g/mol. The summed E-state index contributed by atoms with van der Waals surface area (Å²) in [5.74, 6) is 0.490. The first-order valence-corrected chi connectivity index (χ1v) is 9.77. The van der Waals surface area contributed by atoms with E-state index >= 15 is 0 Å². The fourth-order valence-electron chi connectivity index (χ4n) is 3.00. The van der Waals surface area contributed by atoms with Crippen molar-refractivity contribution in [2.75, 3.05) is 5.32 Å². The molecule has 4 aromatic heterocycles. The summed E-state index contributed by atoms with van der Waals surface area (Å²) < 4.78 is 7.47. The van der Waals surface area contributed by atoms with Crippen LogP contribution < -0.4 is 5.32 Å². The predicted molar refractivity (Wildman–Crippen MR) is 114 cm³/mol. The summed E-state index contributed by atoms with van der Waals surface area (Å²) in [5.41, 5.74) is 3.62. The number of aromatic nitrogens is 5. The average molecular weight is 461 g/mol. The average Bonchev–Trinajstić information content (AvgIpc) is 3.40. The largest absolute Gasteiger partial charge is 0.444 e. The lowest BCUT2D eigenvalue weighted by Gasteiger charge is -2.07. The van der Waals surface area contributed by atoms with Gasteiger partial charge in [-0.05, 0) is 64.5 Å². The summed E-state index contributed by atoms with van der Waals surface area (Å²) in [6.07, 6.45) is 3.42. The lowest BCUT2D eigenvalue weighted by atomic mass is 10.1. The van der Waals surface area contributed by atoms with Crippen LogP contribution in [0.1, 0.15) is 10.6 Å². The highest BCUT2D eigenvalue weighted by atomic mass is 79.9. The van der Waals surface area contributed by atoms with E-state index in [9.17, 15) is 4.79 Å². The van der Waals surface area contributed by atoms with Crippen LogP contribution in [-0.2, 0) is 0 Å². The van der Waals surface area contributed by atoms with Crippen LogP contribution in [0.5, 0.6) is 0 Å². The number of nitrogens with zero attached hydrogens (tertiary/aromatic N) is 5. The van der Waals surface area contributed by atoms with E-state index < -0.39 is 0 Å². The second-order valence-corrected chi connectivity index (χ2v) is 7.17. The zero-order valence-electron chi connectivity index (χ0n) is 15.4. The van der Waals surface area contributed by atoms with Gasteiger partial charge in [-0.1, -0.05) is 12.1 Å². The molecule has 146 valence electrons. The SMILES string of the molecule is O=C(Nc1cccc(-c2ccc3nnc(-c4cccnc4)n3n2)c1)c1ccc(Br)o1. The lowest BCUT2D eigenvalue weighted by Crippen LogP contribution is -2.10. The molecule has 0 saturated carbocycles. The van der Waals surface area contributed by atoms with Gasteiger partial charge in [-0.25, -0.2) is 0 Å². The molecule has 5 aromatic rings. The molecule has 8 nitrogen and oxygen atoms in total. The number of hydrogen-bond acceptors (Lipinski definition) is 6. The molecule has 30 heavy (non-hydrogen) atoms. The first-order valence-electron chi connectivity index (χ1n) is 8.97. The van der Waals surface area contributed by atoms with Crippen LogP contribution in [0.3, 0.4) is 0 Å². The molecule has 0 aliphatic rings. The summed E-state index contributed by atoms with van der Waals surface area (Å²) in [4.78, 5) is 16.5. The molecule has 0 spiro atoms. The van der Waals surface area contributed by atoms with Crippen LogP contribution in [-0.4, -0.2) is 30.7 Å². The zero-order chi connectivity index (χ0) is 20.5. The van der Waals surface area contributed by atoms with Crippen LogP contribution in [0, 0.1) is 0 Å². The Morgan fingerprint density at radius 1 is 1.00 bits per heavy atom. The topological polar surface area (TPSA) is 98.2 Å². The Bertz CT molecular complexity index is 1360. The minimum atomic E-state index is -0.334. The number of benzene rings is 1. The Labute approximate surface area is 178 Å². The molecule has 0 aliphatic carbocycles. The molecule has 5 rings (SSSR count). The minimum absolute atomic E-state index is 0.220. The van der Waals surface area contributed by atoms with Crippen LogP contribution in [0.2, 0.25) is 0 Å². The van der Waals surface area contributed by atoms with E-state index in [4.69, 9.17) is 9.52 Å². The molecule has 0 saturated heterocycles. The summed E-state index contributed by atoms with van der Waals surface area (Å²) in [7, 11) is 0. The summed E-state index contributed by atoms with van der Waals surface area (Å²) in [6.45, 7) is 0. The second kappa shape index (κ2) is 7.53. The Balaban J connectivity index is 1.48. The molecule has 0 aliphatic heterocycles. The molecular formula is C21H13BrN6O2. The molecule has 0 fully saturated rings. The quantitative estimate of drug-likeness (QED) is 0.425. The van der Waals surface area contributed by atoms with Crippen LogP contribution in [0.4, 0.5) is 5.69 Å². The van der Waals surface area contributed by atoms with Gasteiger partial charge in [0.1, 0.15) is 0 Å². The van der Waals surface area contributed by atoms with Gasteiger partial charge in [-0.2, -0.15) is 9.61 Å². The number of halogens is 1. The van der Waals surface area contributed by atoms with Crippen molar-refractivity contribution in [2.24, 2.45) is 0 Å². The fraction of sp³-hybridized carbons (Fsp3) is 0. The maximum Gasteiger partial charge on any atom is 0.291 e. The van der Waals surface area contributed by atoms with Crippen LogP contribution in [0.15, 0.2) is 82.1 Å². The van der Waals surface area contributed by atoms with Crippen LogP contribution in [0.25, 0.3) is 28.3 Å². The number of anilines is 1. The summed E-state index contributed by atoms with van der Waals surface area (Å²) in [6, 6.07) is 18.1. The molecule has 9 heteroatoms. The standard InChI is InChI=1S/C21H13BrN6O2/c22-18-8-7-17(30-18)21(29)24-15-5-1-3-13(11-15)16-6-9-19-25-26-20(28(19)27-16)14-4-2-10-23-12-14/h1-12H,(H,24,29). The minimum Gasteiger partial charge on any atom is -0.444 e. The Morgan fingerprint density at radius 2 is 1.90 bits per heavy atom. The number of nitrogens with one attached hydrogen (secondary N) is 1. The van der Waals surface area contributed by atoms with E-state index in [-0.39, 0.29) is 11.7 Å². The molecule has 1 N–H and O–H groups in total. The van der Waals surface area contributed by atoms with Gasteiger partial charge in [0.15, 0.2) is 21.9 Å². The second-order valence-electron chi connectivity index (χ2n) is 6.39. The highest BCUT2D eigenvalue weighted by molar-refractivity contribution is 9.10. The normalized spacial score (nSPS) is 11.0. The first-order chi connectivity index (χ1) is 14.7. The van der Waals surface area contributed by atoms with Gasteiger partial charge in [0.05, 0.1) is 5.69 Å². The fourth-order valence-corrected chi connectivity index (χ4v) is 3.31. The van der Waals surface area contributed by atoms with E-state index in [0.29, 0.717) is 27.5 Å². The number of furan rings is 1. The van der Waals surface area contributed by atoms with Gasteiger partial charge in [0.2, 0.25) is 0 Å². The van der Waals surface area contributed by atoms with Gasteiger partial charge < -0.3 is 9.73 Å². The molecule has 1 amide bonds. The molecule has 0 bridgehead atoms. The van der Waals surface area contributed by atoms with E-state index in [1.54, 1.807) is 35.1 Å². The third-order valence-corrected chi connectivity index (χ3v) is 4.82. The maximum absolute atomic E-state index is 12.3. The monoisotopic (exact) mass is 460 g/mol. The first kappa shape index (κ1) is 18.2. The third-order valence-electron chi connectivity index (χ3n) is 4.40. The number of hydrogen-bond donors (Lipinski definition) is 1. The van der Waals surface area contributed by atoms with E-state index in [1.165, 1.54) is 0 Å². The predicted octanol–water partition coefficient (Wildman–Crippen LogP) is 4.46. The smallest absolute Gasteiger partial charge is 0.291 e. The molecule has 0 atom stereocenters. The lowest BCUT2D eigenvalue weighted by molar-refractivity contribution is 0.0995. The van der Waals surface area contributed by atoms with Crippen molar-refractivity contribution in [3.63, 3.8) is 0 Å². The van der Waals surface area contributed by atoms with Crippen molar-refractivity contribution in [1.82, 2.24) is 24.8 Å². The number of pyridine rings is 1. The van der Waals surface area contributed by atoms with Crippen molar-refractivity contribution < 1.29 is 9.21 Å². The summed E-state index contributed by atoms with van der Waals surface area (Å²) in [5, 5.41) is 15.9. The molecule has 1 aromatic carbocycles. The number of carbonyl (C=O) groups excluding carboxylic acids is 1. The zero-order valence-corrected chi connectivity index (χ0v) is 16.9. The number of rotatable bonds is 4. The number of carbonyl (C=O) groups is 1. The van der Waals surface area contributed by atoms with Gasteiger partial charge in [0.25, 0.3) is 5.91 Å². The van der Waals surface area contributed by atoms with Crippen molar-refractivity contribution >= 4 is 33.2 Å². The summed E-state index contributed by atoms with van der Waals surface area (Å²) >= 11 is 3.20. The third kappa shape index (κ3) is 3.46. The van der Waals surface area contributed by atoms with Crippen molar-refractivity contribution in [3.8, 4) is 22.6 Å². The van der Waals surface area contributed by atoms with E-state index in [1.807, 2.05) is 42.5 Å². The van der Waals surface area contributed by atoms with Gasteiger partial charge in [0, 0.05) is 29.2 Å². The van der Waals surface area contributed by atoms with Crippen molar-refractivity contribution in [1.29, 1.82) is 0 Å². The van der Waals surface area contributed by atoms with Gasteiger partial charge >= 0.3 is 0 Å². The Hall–Kier alpha value is -3.85. The van der Waals surface area contributed by atoms with Gasteiger partial charge in [-0.15, -0.1) is 10.2 Å². The highest BCUT2D eigenvalue weighted by Gasteiger charge is 2.13. The van der Waals surface area contributed by atoms with E-state index in [0.717, 1.165) is 11.1 Å².